The first kappa shape index (κ1) is 12.5. The number of hydrogen-bond acceptors (Lipinski definition) is 1. The number of rotatable bonds is 8. The molecule has 15 heavy (non-hydrogen) atoms. The molecule has 1 rings (SSSR count). The summed E-state index contributed by atoms with van der Waals surface area (Å²) in [5.41, 5.74) is -0.134. The first-order valence-electron chi connectivity index (χ1n) is 6.28. The molecular weight excluding hydrogens is 184 g/mol. The second-order valence-electron chi connectivity index (χ2n) is 4.39. The van der Waals surface area contributed by atoms with Crippen molar-refractivity contribution < 1.29 is 4.74 Å². The van der Waals surface area contributed by atoms with E-state index in [1.54, 1.807) is 0 Å². The lowest BCUT2D eigenvalue weighted by atomic mass is 9.96. The van der Waals surface area contributed by atoms with Gasteiger partial charge in [0.1, 0.15) is 5.60 Å². The van der Waals surface area contributed by atoms with Gasteiger partial charge in [0.25, 0.3) is 0 Å². The molecule has 0 aromatic carbocycles. The van der Waals surface area contributed by atoms with Gasteiger partial charge in [-0.05, 0) is 12.8 Å². The first-order valence-corrected chi connectivity index (χ1v) is 6.28. The molecule has 1 nitrogen and oxygen atoms in total. The lowest BCUT2D eigenvalue weighted by Gasteiger charge is -2.22. The molecule has 0 radical (unpaired) electrons. The highest BCUT2D eigenvalue weighted by molar-refractivity contribution is 5.16. The van der Waals surface area contributed by atoms with E-state index in [-0.39, 0.29) is 5.60 Å². The molecule has 1 aliphatic rings. The van der Waals surface area contributed by atoms with E-state index >= 15 is 0 Å². The molecule has 1 heterocycles. The third kappa shape index (κ3) is 4.21. The summed E-state index contributed by atoms with van der Waals surface area (Å²) in [5.74, 6) is 0. The Balaban J connectivity index is 2.08. The van der Waals surface area contributed by atoms with Gasteiger partial charge in [-0.3, -0.25) is 0 Å². The monoisotopic (exact) mass is 208 g/mol. The van der Waals surface area contributed by atoms with Crippen molar-refractivity contribution in [2.75, 3.05) is 6.61 Å². The second-order valence-corrected chi connectivity index (χ2v) is 4.39. The van der Waals surface area contributed by atoms with E-state index in [0.29, 0.717) is 0 Å². The summed E-state index contributed by atoms with van der Waals surface area (Å²) in [6.45, 7) is 6.87. The Hall–Kier alpha value is -0.560. The van der Waals surface area contributed by atoms with E-state index in [0.717, 1.165) is 13.0 Å². The van der Waals surface area contributed by atoms with Crippen LogP contribution in [0.15, 0.2) is 24.8 Å². The molecule has 86 valence electrons. The minimum Gasteiger partial charge on any atom is -0.363 e. The minimum absolute atomic E-state index is 0.134. The average molecular weight is 208 g/mol. The molecule has 0 aromatic heterocycles. The first-order chi connectivity index (χ1) is 7.33. The van der Waals surface area contributed by atoms with E-state index in [1.165, 1.54) is 38.5 Å². The highest BCUT2D eigenvalue weighted by atomic mass is 16.5. The molecular formula is C14H24O. The Bertz CT molecular complexity index is 207. The van der Waals surface area contributed by atoms with Crippen LogP contribution in [-0.4, -0.2) is 12.2 Å². The smallest absolute Gasteiger partial charge is 0.105 e. The lowest BCUT2D eigenvalue weighted by molar-refractivity contribution is 0.0567. The van der Waals surface area contributed by atoms with Crippen LogP contribution in [-0.2, 0) is 4.74 Å². The predicted molar refractivity (Wildman–Crippen MR) is 66.0 cm³/mol. The van der Waals surface area contributed by atoms with Gasteiger partial charge in [0.05, 0.1) is 6.61 Å². The number of ether oxygens (including phenoxy) is 1. The van der Waals surface area contributed by atoms with Crippen molar-refractivity contribution in [2.45, 2.75) is 57.5 Å². The van der Waals surface area contributed by atoms with Gasteiger partial charge in [-0.25, -0.2) is 0 Å². The van der Waals surface area contributed by atoms with Crippen LogP contribution in [0.2, 0.25) is 0 Å². The normalized spacial score (nSPS) is 24.6. The summed E-state index contributed by atoms with van der Waals surface area (Å²) >= 11 is 0. The fourth-order valence-electron chi connectivity index (χ4n) is 2.07. The maximum absolute atomic E-state index is 5.69. The Labute approximate surface area is 94.2 Å². The molecule has 1 aliphatic heterocycles. The highest BCUT2D eigenvalue weighted by Crippen LogP contribution is 2.27. The Kier molecular flexibility index (Phi) is 5.70. The van der Waals surface area contributed by atoms with E-state index in [9.17, 15) is 0 Å². The molecule has 0 saturated carbocycles. The molecule has 0 amide bonds. The minimum atomic E-state index is -0.134. The summed E-state index contributed by atoms with van der Waals surface area (Å²) in [6.07, 6.45) is 15.3. The van der Waals surface area contributed by atoms with E-state index in [1.807, 2.05) is 6.08 Å². The van der Waals surface area contributed by atoms with E-state index in [2.05, 4.69) is 25.7 Å². The van der Waals surface area contributed by atoms with Gasteiger partial charge in [-0.1, -0.05) is 63.8 Å². The van der Waals surface area contributed by atoms with Crippen molar-refractivity contribution in [3.05, 3.63) is 24.8 Å². The maximum atomic E-state index is 5.69. The molecule has 0 saturated heterocycles. The standard InChI is InChI=1S/C14H24O/c1-3-5-6-7-8-9-11-14(4-2)12-10-13-15-14/h4,10,12H,2-3,5-9,11,13H2,1H3. The van der Waals surface area contributed by atoms with Crippen LogP contribution in [0.3, 0.4) is 0 Å². The van der Waals surface area contributed by atoms with Crippen molar-refractivity contribution in [2.24, 2.45) is 0 Å². The third-order valence-corrected chi connectivity index (χ3v) is 3.11. The van der Waals surface area contributed by atoms with Gasteiger partial charge >= 0.3 is 0 Å². The second kappa shape index (κ2) is 6.84. The molecule has 1 heteroatoms. The molecule has 0 fully saturated rings. The quantitative estimate of drug-likeness (QED) is 0.428. The zero-order chi connectivity index (χ0) is 11.0. The third-order valence-electron chi connectivity index (χ3n) is 3.11. The zero-order valence-electron chi connectivity index (χ0n) is 10.0. The van der Waals surface area contributed by atoms with E-state index < -0.39 is 0 Å². The Morgan fingerprint density at radius 3 is 2.60 bits per heavy atom. The van der Waals surface area contributed by atoms with Gasteiger partial charge in [-0.2, -0.15) is 0 Å². The number of unbranched alkanes of at least 4 members (excludes halogenated alkanes) is 5. The van der Waals surface area contributed by atoms with Crippen molar-refractivity contribution >= 4 is 0 Å². The fraction of sp³-hybridized carbons (Fsp3) is 0.714. The van der Waals surface area contributed by atoms with Gasteiger partial charge < -0.3 is 4.74 Å². The zero-order valence-corrected chi connectivity index (χ0v) is 10.0. The van der Waals surface area contributed by atoms with Crippen LogP contribution in [0, 0.1) is 0 Å². The molecule has 0 bridgehead atoms. The van der Waals surface area contributed by atoms with Crippen LogP contribution in [0.5, 0.6) is 0 Å². The average Bonchev–Trinajstić information content (AvgIpc) is 2.73. The van der Waals surface area contributed by atoms with Crippen molar-refractivity contribution in [3.8, 4) is 0 Å². The van der Waals surface area contributed by atoms with E-state index in [4.69, 9.17) is 4.74 Å². The van der Waals surface area contributed by atoms with Crippen molar-refractivity contribution in [1.82, 2.24) is 0 Å². The summed E-state index contributed by atoms with van der Waals surface area (Å²) in [5, 5.41) is 0. The fourth-order valence-corrected chi connectivity index (χ4v) is 2.07. The Morgan fingerprint density at radius 1 is 1.27 bits per heavy atom. The highest BCUT2D eigenvalue weighted by Gasteiger charge is 2.26. The van der Waals surface area contributed by atoms with Crippen LogP contribution in [0.25, 0.3) is 0 Å². The molecule has 0 N–H and O–H groups in total. The molecule has 0 spiro atoms. The summed E-state index contributed by atoms with van der Waals surface area (Å²) in [4.78, 5) is 0. The molecule has 0 aromatic rings. The summed E-state index contributed by atoms with van der Waals surface area (Å²) in [7, 11) is 0. The predicted octanol–water partition coefficient (Wildman–Crippen LogP) is 4.25. The Morgan fingerprint density at radius 2 is 2.00 bits per heavy atom. The lowest BCUT2D eigenvalue weighted by Crippen LogP contribution is -2.23. The SMILES string of the molecule is C=CC1(CCCCCCCC)C=CCO1. The summed E-state index contributed by atoms with van der Waals surface area (Å²) in [6, 6.07) is 0. The van der Waals surface area contributed by atoms with Gasteiger partial charge in [0.15, 0.2) is 0 Å². The van der Waals surface area contributed by atoms with Crippen LogP contribution in [0.4, 0.5) is 0 Å². The molecule has 1 unspecified atom stereocenters. The molecule has 0 aliphatic carbocycles. The van der Waals surface area contributed by atoms with Gasteiger partial charge in [-0.15, -0.1) is 0 Å². The topological polar surface area (TPSA) is 9.23 Å². The van der Waals surface area contributed by atoms with Crippen molar-refractivity contribution in [3.63, 3.8) is 0 Å². The largest absolute Gasteiger partial charge is 0.363 e. The number of hydrogen-bond donors (Lipinski definition) is 0. The van der Waals surface area contributed by atoms with Crippen molar-refractivity contribution in [1.29, 1.82) is 0 Å². The van der Waals surface area contributed by atoms with Crippen LogP contribution in [0.1, 0.15) is 51.9 Å². The van der Waals surface area contributed by atoms with Gasteiger partial charge in [0, 0.05) is 0 Å². The van der Waals surface area contributed by atoms with Crippen LogP contribution >= 0.6 is 0 Å². The summed E-state index contributed by atoms with van der Waals surface area (Å²) < 4.78 is 5.69. The molecule has 1 atom stereocenters. The van der Waals surface area contributed by atoms with Gasteiger partial charge in [0.2, 0.25) is 0 Å². The van der Waals surface area contributed by atoms with Crippen LogP contribution < -0.4 is 0 Å². The maximum Gasteiger partial charge on any atom is 0.105 e.